The van der Waals surface area contributed by atoms with E-state index >= 15 is 0 Å². The fourth-order valence-electron chi connectivity index (χ4n) is 1.44. The van der Waals surface area contributed by atoms with Crippen LogP contribution in [0.3, 0.4) is 0 Å². The third-order valence-corrected chi connectivity index (χ3v) is 2.42. The summed E-state index contributed by atoms with van der Waals surface area (Å²) < 4.78 is 4.87. The highest BCUT2D eigenvalue weighted by Gasteiger charge is 2.19. The van der Waals surface area contributed by atoms with Crippen LogP contribution in [-0.2, 0) is 0 Å². The van der Waals surface area contributed by atoms with Crippen LogP contribution >= 0.6 is 11.6 Å². The Labute approximate surface area is 92.3 Å². The first-order chi connectivity index (χ1) is 7.20. The van der Waals surface area contributed by atoms with Gasteiger partial charge in [-0.3, -0.25) is 0 Å². The number of halogens is 1. The number of nitrogens with zero attached hydrogens (tertiary/aromatic N) is 1. The Balaban J connectivity index is 2.54. The number of hydrogen-bond donors (Lipinski definition) is 1. The molecule has 4 heteroatoms. The van der Waals surface area contributed by atoms with Crippen LogP contribution in [0.5, 0.6) is 0 Å². The van der Waals surface area contributed by atoms with Gasteiger partial charge in [0.15, 0.2) is 0 Å². The third-order valence-electron chi connectivity index (χ3n) is 2.15. The second-order valence-electron chi connectivity index (χ2n) is 3.26. The van der Waals surface area contributed by atoms with Crippen LogP contribution in [0.25, 0.3) is 11.3 Å². The topological polar surface area (TPSA) is 46.3 Å². The number of rotatable bonds is 2. The van der Waals surface area contributed by atoms with Crippen molar-refractivity contribution in [3.63, 3.8) is 0 Å². The molecule has 0 bridgehead atoms. The minimum Gasteiger partial charge on any atom is -0.388 e. The molecule has 1 aromatic heterocycles. The lowest BCUT2D eigenvalue weighted by atomic mass is 10.1. The summed E-state index contributed by atoms with van der Waals surface area (Å²) >= 11 is 5.80. The van der Waals surface area contributed by atoms with Crippen molar-refractivity contribution in [2.24, 2.45) is 0 Å². The van der Waals surface area contributed by atoms with Gasteiger partial charge in [-0.2, -0.15) is 0 Å². The number of aliphatic hydroxyl groups excluding tert-OH is 1. The van der Waals surface area contributed by atoms with Crippen LogP contribution in [0.4, 0.5) is 0 Å². The molecule has 0 fully saturated rings. The average molecular weight is 224 g/mol. The molecule has 1 aromatic carbocycles. The monoisotopic (exact) mass is 223 g/mol. The zero-order valence-electron chi connectivity index (χ0n) is 8.14. The van der Waals surface area contributed by atoms with Crippen LogP contribution in [0.2, 0.25) is 5.22 Å². The fourth-order valence-corrected chi connectivity index (χ4v) is 1.73. The summed E-state index contributed by atoms with van der Waals surface area (Å²) in [5, 5.41) is 13.5. The minimum atomic E-state index is -0.695. The van der Waals surface area contributed by atoms with Gasteiger partial charge in [-0.15, -0.1) is 0 Å². The summed E-state index contributed by atoms with van der Waals surface area (Å²) in [6.45, 7) is 1.63. The van der Waals surface area contributed by atoms with Crippen LogP contribution in [0, 0.1) is 0 Å². The fraction of sp³-hybridized carbons (Fsp3) is 0.182. The molecule has 0 radical (unpaired) electrons. The predicted octanol–water partition coefficient (Wildman–Crippen LogP) is 3.05. The van der Waals surface area contributed by atoms with E-state index in [9.17, 15) is 5.11 Å². The maximum Gasteiger partial charge on any atom is 0.232 e. The molecule has 1 N–H and O–H groups in total. The Morgan fingerprint density at radius 1 is 1.33 bits per heavy atom. The van der Waals surface area contributed by atoms with Gasteiger partial charge in [-0.1, -0.05) is 35.5 Å². The van der Waals surface area contributed by atoms with Gasteiger partial charge in [0, 0.05) is 5.56 Å². The van der Waals surface area contributed by atoms with E-state index in [1.165, 1.54) is 0 Å². The molecule has 2 rings (SSSR count). The Hall–Kier alpha value is -1.32. The van der Waals surface area contributed by atoms with Gasteiger partial charge in [0.05, 0.1) is 11.7 Å². The van der Waals surface area contributed by atoms with E-state index < -0.39 is 6.10 Å². The van der Waals surface area contributed by atoms with Crippen molar-refractivity contribution >= 4 is 11.6 Å². The van der Waals surface area contributed by atoms with Crippen LogP contribution in [0.1, 0.15) is 18.6 Å². The van der Waals surface area contributed by atoms with Crippen molar-refractivity contribution in [1.29, 1.82) is 0 Å². The van der Waals surface area contributed by atoms with Gasteiger partial charge in [-0.25, -0.2) is 0 Å². The van der Waals surface area contributed by atoms with Crippen molar-refractivity contribution in [1.82, 2.24) is 5.16 Å². The lowest BCUT2D eigenvalue weighted by molar-refractivity contribution is 0.199. The van der Waals surface area contributed by atoms with E-state index in [0.29, 0.717) is 11.3 Å². The molecule has 1 atom stereocenters. The van der Waals surface area contributed by atoms with Crippen LogP contribution in [-0.4, -0.2) is 10.3 Å². The van der Waals surface area contributed by atoms with E-state index in [4.69, 9.17) is 16.1 Å². The molecule has 0 amide bonds. The Morgan fingerprint density at radius 3 is 2.60 bits per heavy atom. The lowest BCUT2D eigenvalue weighted by Gasteiger charge is -2.03. The van der Waals surface area contributed by atoms with Gasteiger partial charge in [0.1, 0.15) is 5.69 Å². The third kappa shape index (κ3) is 1.89. The summed E-state index contributed by atoms with van der Waals surface area (Å²) in [6, 6.07) is 9.47. The Bertz CT molecular complexity index is 451. The zero-order valence-corrected chi connectivity index (χ0v) is 8.90. The van der Waals surface area contributed by atoms with Gasteiger partial charge in [0.2, 0.25) is 5.22 Å². The molecule has 2 aromatic rings. The molecule has 15 heavy (non-hydrogen) atoms. The first-order valence-electron chi connectivity index (χ1n) is 4.58. The summed E-state index contributed by atoms with van der Waals surface area (Å²) in [4.78, 5) is 0. The van der Waals surface area contributed by atoms with Crippen LogP contribution in [0.15, 0.2) is 34.9 Å². The van der Waals surface area contributed by atoms with E-state index in [1.807, 2.05) is 30.3 Å². The Kier molecular flexibility index (Phi) is 2.75. The maximum absolute atomic E-state index is 9.55. The smallest absolute Gasteiger partial charge is 0.232 e. The molecular weight excluding hydrogens is 214 g/mol. The SMILES string of the molecule is CC(O)c1c(-c2ccccc2)noc1Cl. The van der Waals surface area contributed by atoms with Gasteiger partial charge in [0.25, 0.3) is 0 Å². The summed E-state index contributed by atoms with van der Waals surface area (Å²) in [5.41, 5.74) is 2.00. The van der Waals surface area contributed by atoms with E-state index in [1.54, 1.807) is 6.92 Å². The van der Waals surface area contributed by atoms with Crippen molar-refractivity contribution in [3.8, 4) is 11.3 Å². The second kappa shape index (κ2) is 4.04. The first kappa shape index (κ1) is 10.2. The van der Waals surface area contributed by atoms with Gasteiger partial charge < -0.3 is 9.63 Å². The van der Waals surface area contributed by atoms with E-state index in [-0.39, 0.29) is 5.22 Å². The van der Waals surface area contributed by atoms with Crippen molar-refractivity contribution in [2.45, 2.75) is 13.0 Å². The molecule has 78 valence electrons. The molecule has 0 aliphatic heterocycles. The molecule has 1 heterocycles. The molecule has 1 unspecified atom stereocenters. The molecular formula is C11H10ClNO2. The molecule has 0 aliphatic carbocycles. The van der Waals surface area contributed by atoms with Gasteiger partial charge in [-0.05, 0) is 18.5 Å². The highest BCUT2D eigenvalue weighted by molar-refractivity contribution is 6.30. The highest BCUT2D eigenvalue weighted by Crippen LogP contribution is 2.32. The minimum absolute atomic E-state index is 0.142. The van der Waals surface area contributed by atoms with Crippen LogP contribution < -0.4 is 0 Å². The number of aromatic nitrogens is 1. The molecule has 3 nitrogen and oxygen atoms in total. The predicted molar refractivity (Wildman–Crippen MR) is 57.6 cm³/mol. The van der Waals surface area contributed by atoms with E-state index in [0.717, 1.165) is 5.56 Å². The number of benzene rings is 1. The molecule has 0 saturated carbocycles. The Morgan fingerprint density at radius 2 is 2.00 bits per heavy atom. The zero-order chi connectivity index (χ0) is 10.8. The summed E-state index contributed by atoms with van der Waals surface area (Å²) in [6.07, 6.45) is -0.695. The lowest BCUT2D eigenvalue weighted by Crippen LogP contribution is -1.92. The number of hydrogen-bond acceptors (Lipinski definition) is 3. The normalized spacial score (nSPS) is 12.7. The van der Waals surface area contributed by atoms with Crippen molar-refractivity contribution < 1.29 is 9.63 Å². The summed E-state index contributed by atoms with van der Waals surface area (Å²) in [5.74, 6) is 0. The quantitative estimate of drug-likeness (QED) is 0.851. The second-order valence-corrected chi connectivity index (χ2v) is 3.60. The number of aliphatic hydroxyl groups is 1. The molecule has 0 saturated heterocycles. The molecule has 0 aliphatic rings. The first-order valence-corrected chi connectivity index (χ1v) is 4.96. The average Bonchev–Trinajstić information content (AvgIpc) is 2.61. The van der Waals surface area contributed by atoms with Crippen molar-refractivity contribution in [3.05, 3.63) is 41.1 Å². The molecule has 0 spiro atoms. The highest BCUT2D eigenvalue weighted by atomic mass is 35.5. The largest absolute Gasteiger partial charge is 0.388 e. The van der Waals surface area contributed by atoms with E-state index in [2.05, 4.69) is 5.16 Å². The maximum atomic E-state index is 9.55. The standard InChI is InChI=1S/C11H10ClNO2/c1-7(14)9-10(13-15-11(9)12)8-5-3-2-4-6-8/h2-7,14H,1H3. The summed E-state index contributed by atoms with van der Waals surface area (Å²) in [7, 11) is 0. The van der Waals surface area contributed by atoms with Crippen molar-refractivity contribution in [2.75, 3.05) is 0 Å². The van der Waals surface area contributed by atoms with Gasteiger partial charge >= 0.3 is 0 Å².